The molecule has 0 aromatic heterocycles. The van der Waals surface area contributed by atoms with Crippen molar-refractivity contribution in [2.24, 2.45) is 11.8 Å². The molecule has 0 amide bonds. The van der Waals surface area contributed by atoms with Crippen molar-refractivity contribution in [2.45, 2.75) is 25.2 Å². The molecule has 31 heavy (non-hydrogen) atoms. The van der Waals surface area contributed by atoms with Crippen LogP contribution in [0.5, 0.6) is 0 Å². The SMILES string of the molecule is C[C@H]1C[C@H](C)CN(C2=C(NS(=O)(=O)c3ccc(Br)cc3)C(=O)c3ccccc3C2=O)C1. The van der Waals surface area contributed by atoms with Crippen molar-refractivity contribution in [3.05, 3.63) is 75.5 Å². The van der Waals surface area contributed by atoms with E-state index in [1.807, 2.05) is 4.90 Å². The third-order valence-corrected chi connectivity index (χ3v) is 7.53. The number of nitrogens with zero attached hydrogens (tertiary/aromatic N) is 1. The second kappa shape index (κ2) is 8.24. The molecule has 0 unspecified atom stereocenters. The molecule has 0 saturated carbocycles. The van der Waals surface area contributed by atoms with Crippen molar-refractivity contribution in [2.75, 3.05) is 13.1 Å². The summed E-state index contributed by atoms with van der Waals surface area (Å²) >= 11 is 3.29. The molecule has 0 spiro atoms. The Morgan fingerprint density at radius 3 is 2.03 bits per heavy atom. The van der Waals surface area contributed by atoms with Crippen molar-refractivity contribution in [3.8, 4) is 0 Å². The number of hydrogen-bond acceptors (Lipinski definition) is 5. The highest BCUT2D eigenvalue weighted by Crippen LogP contribution is 2.32. The molecule has 1 aliphatic heterocycles. The number of hydrogen-bond donors (Lipinski definition) is 1. The van der Waals surface area contributed by atoms with Gasteiger partial charge in [0.25, 0.3) is 10.0 Å². The van der Waals surface area contributed by atoms with E-state index in [-0.39, 0.29) is 27.6 Å². The van der Waals surface area contributed by atoms with Gasteiger partial charge in [0.15, 0.2) is 0 Å². The van der Waals surface area contributed by atoms with Crippen LogP contribution in [0.2, 0.25) is 0 Å². The maximum Gasteiger partial charge on any atom is 0.262 e. The number of benzene rings is 2. The topological polar surface area (TPSA) is 83.6 Å². The van der Waals surface area contributed by atoms with Gasteiger partial charge in [-0.1, -0.05) is 54.0 Å². The number of carbonyl (C=O) groups is 2. The second-order valence-electron chi connectivity index (χ2n) is 8.34. The van der Waals surface area contributed by atoms with Crippen LogP contribution in [0.3, 0.4) is 0 Å². The molecule has 1 aliphatic carbocycles. The minimum Gasteiger partial charge on any atom is -0.366 e. The molecule has 1 fully saturated rings. The Bertz CT molecular complexity index is 1180. The zero-order valence-corrected chi connectivity index (χ0v) is 19.7. The first kappa shape index (κ1) is 21.8. The van der Waals surface area contributed by atoms with Crippen LogP contribution < -0.4 is 4.72 Å². The summed E-state index contributed by atoms with van der Waals surface area (Å²) in [7, 11) is -4.06. The maximum absolute atomic E-state index is 13.5. The van der Waals surface area contributed by atoms with Crippen LogP contribution in [-0.2, 0) is 10.0 Å². The van der Waals surface area contributed by atoms with Gasteiger partial charge in [-0.3, -0.25) is 14.3 Å². The summed E-state index contributed by atoms with van der Waals surface area (Å²) in [5, 5.41) is 0. The number of sulfonamides is 1. The lowest BCUT2D eigenvalue weighted by atomic mass is 9.86. The fourth-order valence-electron chi connectivity index (χ4n) is 4.41. The lowest BCUT2D eigenvalue weighted by molar-refractivity contribution is 0.0900. The number of ketones is 2. The van der Waals surface area contributed by atoms with E-state index >= 15 is 0 Å². The van der Waals surface area contributed by atoms with Gasteiger partial charge in [0.05, 0.1) is 4.90 Å². The number of Topliss-reactive ketones (excluding diaryl/α,β-unsaturated/α-hetero) is 2. The van der Waals surface area contributed by atoms with Crippen LogP contribution in [0.15, 0.2) is 69.3 Å². The minimum absolute atomic E-state index is 0.0158. The first-order chi connectivity index (χ1) is 14.7. The Morgan fingerprint density at radius 2 is 1.45 bits per heavy atom. The van der Waals surface area contributed by atoms with Crippen LogP contribution in [0.1, 0.15) is 41.0 Å². The van der Waals surface area contributed by atoms with Gasteiger partial charge in [-0.15, -0.1) is 0 Å². The summed E-state index contributed by atoms with van der Waals surface area (Å²) in [6.07, 6.45) is 1.02. The largest absolute Gasteiger partial charge is 0.366 e. The summed E-state index contributed by atoms with van der Waals surface area (Å²) in [5.41, 5.74) is 0.485. The minimum atomic E-state index is -4.06. The number of halogens is 1. The molecule has 1 N–H and O–H groups in total. The third-order valence-electron chi connectivity index (χ3n) is 5.64. The number of nitrogens with one attached hydrogen (secondary N) is 1. The predicted molar refractivity (Wildman–Crippen MR) is 121 cm³/mol. The molecule has 2 aliphatic rings. The van der Waals surface area contributed by atoms with Crippen molar-refractivity contribution < 1.29 is 18.0 Å². The van der Waals surface area contributed by atoms with Crippen LogP contribution in [0.4, 0.5) is 0 Å². The van der Waals surface area contributed by atoms with Gasteiger partial charge in [0.2, 0.25) is 11.6 Å². The molecule has 1 saturated heterocycles. The van der Waals surface area contributed by atoms with Gasteiger partial charge in [-0.05, 0) is 42.5 Å². The molecular formula is C23H23BrN2O4S. The number of rotatable bonds is 4. The van der Waals surface area contributed by atoms with E-state index in [1.165, 1.54) is 12.1 Å². The second-order valence-corrected chi connectivity index (χ2v) is 10.9. The number of fused-ring (bicyclic) bond motifs is 1. The quantitative estimate of drug-likeness (QED) is 0.682. The summed E-state index contributed by atoms with van der Waals surface area (Å²) < 4.78 is 29.4. The Balaban J connectivity index is 1.84. The van der Waals surface area contributed by atoms with Gasteiger partial charge in [-0.2, -0.15) is 0 Å². The lowest BCUT2D eigenvalue weighted by Crippen LogP contribution is -2.45. The van der Waals surface area contributed by atoms with Gasteiger partial charge in [-0.25, -0.2) is 8.42 Å². The van der Waals surface area contributed by atoms with Crippen molar-refractivity contribution >= 4 is 37.5 Å². The fraction of sp³-hybridized carbons (Fsp3) is 0.304. The fourth-order valence-corrected chi connectivity index (χ4v) is 5.75. The Labute approximate surface area is 190 Å². The van der Waals surface area contributed by atoms with Crippen molar-refractivity contribution in [3.63, 3.8) is 0 Å². The molecule has 8 heteroatoms. The first-order valence-corrected chi connectivity index (χ1v) is 12.4. The standard InChI is InChI=1S/C23H23BrN2O4S/c1-14-11-15(2)13-26(12-14)21-20(22(27)18-5-3-4-6-19(18)23(21)28)25-31(29,30)17-9-7-16(24)8-10-17/h3-10,14-15,25H,11-13H2,1-2H3/t14-,15-/m0/s1. The van der Waals surface area contributed by atoms with Gasteiger partial charge in [0.1, 0.15) is 11.4 Å². The summed E-state index contributed by atoms with van der Waals surface area (Å²) in [4.78, 5) is 28.7. The van der Waals surface area contributed by atoms with E-state index in [2.05, 4.69) is 34.5 Å². The maximum atomic E-state index is 13.5. The zero-order valence-electron chi connectivity index (χ0n) is 17.3. The molecule has 162 valence electrons. The summed E-state index contributed by atoms with van der Waals surface area (Å²) in [6.45, 7) is 5.37. The zero-order chi connectivity index (χ0) is 22.3. The van der Waals surface area contributed by atoms with Crippen LogP contribution >= 0.6 is 15.9 Å². The van der Waals surface area contributed by atoms with Crippen LogP contribution in [-0.4, -0.2) is 38.0 Å². The van der Waals surface area contributed by atoms with E-state index in [4.69, 9.17) is 0 Å². The number of allylic oxidation sites excluding steroid dienone is 2. The molecule has 1 heterocycles. The molecule has 0 radical (unpaired) electrons. The molecule has 2 aromatic carbocycles. The van der Waals surface area contributed by atoms with E-state index in [9.17, 15) is 18.0 Å². The van der Waals surface area contributed by atoms with E-state index in [0.29, 0.717) is 30.5 Å². The average Bonchev–Trinajstić information content (AvgIpc) is 2.71. The van der Waals surface area contributed by atoms with Gasteiger partial charge < -0.3 is 4.90 Å². The molecular weight excluding hydrogens is 480 g/mol. The smallest absolute Gasteiger partial charge is 0.262 e. The molecule has 2 aromatic rings. The normalized spacial score (nSPS) is 21.8. The highest BCUT2D eigenvalue weighted by atomic mass is 79.9. The Morgan fingerprint density at radius 1 is 0.903 bits per heavy atom. The number of likely N-dealkylation sites (tertiary alicyclic amines) is 1. The molecule has 4 rings (SSSR count). The predicted octanol–water partition coefficient (Wildman–Crippen LogP) is 4.00. The molecule has 0 bridgehead atoms. The first-order valence-electron chi connectivity index (χ1n) is 10.1. The summed E-state index contributed by atoms with van der Waals surface area (Å²) in [6, 6.07) is 12.7. The van der Waals surface area contributed by atoms with E-state index < -0.39 is 15.8 Å². The van der Waals surface area contributed by atoms with Crippen molar-refractivity contribution in [1.82, 2.24) is 9.62 Å². The third kappa shape index (κ3) is 4.19. The molecule has 2 atom stereocenters. The highest BCUT2D eigenvalue weighted by molar-refractivity contribution is 9.10. The Kier molecular flexibility index (Phi) is 5.79. The van der Waals surface area contributed by atoms with Crippen LogP contribution in [0, 0.1) is 11.8 Å². The van der Waals surface area contributed by atoms with Crippen molar-refractivity contribution in [1.29, 1.82) is 0 Å². The summed E-state index contributed by atoms with van der Waals surface area (Å²) in [5.74, 6) is -0.178. The van der Waals surface area contributed by atoms with Gasteiger partial charge >= 0.3 is 0 Å². The lowest BCUT2D eigenvalue weighted by Gasteiger charge is -2.39. The van der Waals surface area contributed by atoms with E-state index in [1.54, 1.807) is 36.4 Å². The molecule has 6 nitrogen and oxygen atoms in total. The monoisotopic (exact) mass is 502 g/mol. The van der Waals surface area contributed by atoms with E-state index in [0.717, 1.165) is 10.9 Å². The number of carbonyl (C=O) groups excluding carboxylic acids is 2. The highest BCUT2D eigenvalue weighted by Gasteiger charge is 2.38. The number of piperidine rings is 1. The van der Waals surface area contributed by atoms with Gasteiger partial charge in [0, 0.05) is 28.7 Å². The Hall–Kier alpha value is -2.45. The van der Waals surface area contributed by atoms with Crippen LogP contribution in [0.25, 0.3) is 0 Å². The average molecular weight is 503 g/mol.